The van der Waals surface area contributed by atoms with Gasteiger partial charge >= 0.3 is 0 Å². The molecule has 88 valence electrons. The number of fused-ring (bicyclic) bond motifs is 1. The van der Waals surface area contributed by atoms with Crippen molar-refractivity contribution in [3.63, 3.8) is 0 Å². The molecule has 0 aromatic carbocycles. The standard InChI is InChI=1S/C12H18N2OS/c1-7-4-5-8-9(6-7)16-11(13)10(8)12(15)14(2)3/h7H,4-6,13H2,1-3H3. The summed E-state index contributed by atoms with van der Waals surface area (Å²) >= 11 is 1.60. The second-order valence-corrected chi connectivity index (χ2v) is 5.93. The molecule has 0 saturated heterocycles. The summed E-state index contributed by atoms with van der Waals surface area (Å²) in [6.45, 7) is 2.26. The predicted octanol–water partition coefficient (Wildman–Crippen LogP) is 2.16. The molecule has 1 atom stereocenters. The van der Waals surface area contributed by atoms with Crippen LogP contribution in [0, 0.1) is 5.92 Å². The fourth-order valence-electron chi connectivity index (χ4n) is 2.23. The first-order valence-electron chi connectivity index (χ1n) is 5.62. The zero-order valence-corrected chi connectivity index (χ0v) is 10.9. The van der Waals surface area contributed by atoms with E-state index >= 15 is 0 Å². The highest BCUT2D eigenvalue weighted by molar-refractivity contribution is 7.16. The third-order valence-electron chi connectivity index (χ3n) is 3.16. The maximum absolute atomic E-state index is 12.0. The minimum absolute atomic E-state index is 0.0459. The molecule has 1 aliphatic rings. The van der Waals surface area contributed by atoms with Gasteiger partial charge in [0.1, 0.15) is 0 Å². The molecule has 0 spiro atoms. The van der Waals surface area contributed by atoms with Crippen molar-refractivity contribution in [2.75, 3.05) is 19.8 Å². The minimum Gasteiger partial charge on any atom is -0.390 e. The molecule has 0 saturated carbocycles. The van der Waals surface area contributed by atoms with Gasteiger partial charge < -0.3 is 10.6 Å². The van der Waals surface area contributed by atoms with Gasteiger partial charge in [-0.3, -0.25) is 4.79 Å². The van der Waals surface area contributed by atoms with Crippen LogP contribution in [0.25, 0.3) is 0 Å². The molecular weight excluding hydrogens is 220 g/mol. The van der Waals surface area contributed by atoms with E-state index in [0.29, 0.717) is 10.9 Å². The Hall–Kier alpha value is -1.03. The zero-order valence-electron chi connectivity index (χ0n) is 10.0. The third kappa shape index (κ3) is 1.82. The van der Waals surface area contributed by atoms with Gasteiger partial charge in [0, 0.05) is 19.0 Å². The SMILES string of the molecule is CC1CCc2c(sc(N)c2C(=O)N(C)C)C1. The Labute approximate surface area is 100 Å². The van der Waals surface area contributed by atoms with Crippen molar-refractivity contribution in [3.8, 4) is 0 Å². The van der Waals surface area contributed by atoms with E-state index in [1.165, 1.54) is 10.4 Å². The topological polar surface area (TPSA) is 46.3 Å². The van der Waals surface area contributed by atoms with Gasteiger partial charge in [-0.1, -0.05) is 6.92 Å². The Bertz CT molecular complexity index is 423. The Morgan fingerprint density at radius 2 is 2.19 bits per heavy atom. The average molecular weight is 238 g/mol. The Morgan fingerprint density at radius 3 is 2.81 bits per heavy atom. The van der Waals surface area contributed by atoms with E-state index in [-0.39, 0.29) is 5.91 Å². The molecule has 0 radical (unpaired) electrons. The molecule has 0 bridgehead atoms. The first-order chi connectivity index (χ1) is 7.50. The maximum atomic E-state index is 12.0. The normalized spacial score (nSPS) is 19.3. The number of hydrogen-bond donors (Lipinski definition) is 1. The van der Waals surface area contributed by atoms with Crippen LogP contribution in [0.15, 0.2) is 0 Å². The first-order valence-corrected chi connectivity index (χ1v) is 6.44. The van der Waals surface area contributed by atoms with E-state index in [9.17, 15) is 4.79 Å². The fraction of sp³-hybridized carbons (Fsp3) is 0.583. The minimum atomic E-state index is 0.0459. The number of rotatable bonds is 1. The van der Waals surface area contributed by atoms with E-state index in [0.717, 1.165) is 24.8 Å². The van der Waals surface area contributed by atoms with Gasteiger partial charge in [0.15, 0.2) is 0 Å². The molecule has 16 heavy (non-hydrogen) atoms. The van der Waals surface area contributed by atoms with Crippen molar-refractivity contribution in [1.29, 1.82) is 0 Å². The predicted molar refractivity (Wildman–Crippen MR) is 67.9 cm³/mol. The summed E-state index contributed by atoms with van der Waals surface area (Å²) in [6, 6.07) is 0. The lowest BCUT2D eigenvalue weighted by atomic mass is 9.88. The summed E-state index contributed by atoms with van der Waals surface area (Å²) in [6.07, 6.45) is 3.24. The summed E-state index contributed by atoms with van der Waals surface area (Å²) in [7, 11) is 3.55. The molecule has 0 fully saturated rings. The van der Waals surface area contributed by atoms with Gasteiger partial charge in [-0.25, -0.2) is 0 Å². The number of nitrogen functional groups attached to an aromatic ring is 1. The molecular formula is C12H18N2OS. The zero-order chi connectivity index (χ0) is 11.9. The highest BCUT2D eigenvalue weighted by Gasteiger charge is 2.26. The lowest BCUT2D eigenvalue weighted by Crippen LogP contribution is -2.24. The first kappa shape index (κ1) is 11.5. The number of carbonyl (C=O) groups is 1. The van der Waals surface area contributed by atoms with Crippen molar-refractivity contribution in [3.05, 3.63) is 16.0 Å². The number of amides is 1. The molecule has 1 unspecified atom stereocenters. The summed E-state index contributed by atoms with van der Waals surface area (Å²) in [5.74, 6) is 0.761. The number of carbonyl (C=O) groups excluding carboxylic acids is 1. The van der Waals surface area contributed by atoms with Crippen LogP contribution < -0.4 is 5.73 Å². The van der Waals surface area contributed by atoms with Crippen molar-refractivity contribution >= 4 is 22.2 Å². The van der Waals surface area contributed by atoms with E-state index in [1.54, 1.807) is 30.3 Å². The summed E-state index contributed by atoms with van der Waals surface area (Å²) in [4.78, 5) is 15.0. The van der Waals surface area contributed by atoms with Crippen LogP contribution in [0.3, 0.4) is 0 Å². The fourth-order valence-corrected chi connectivity index (χ4v) is 3.50. The highest BCUT2D eigenvalue weighted by Crippen LogP contribution is 2.38. The Morgan fingerprint density at radius 1 is 1.50 bits per heavy atom. The molecule has 1 aliphatic carbocycles. The number of anilines is 1. The van der Waals surface area contributed by atoms with Gasteiger partial charge in [-0.2, -0.15) is 0 Å². The van der Waals surface area contributed by atoms with E-state index < -0.39 is 0 Å². The quantitative estimate of drug-likeness (QED) is 0.815. The van der Waals surface area contributed by atoms with Crippen molar-refractivity contribution in [2.24, 2.45) is 5.92 Å². The summed E-state index contributed by atoms with van der Waals surface area (Å²) < 4.78 is 0. The highest BCUT2D eigenvalue weighted by atomic mass is 32.1. The summed E-state index contributed by atoms with van der Waals surface area (Å²) in [5.41, 5.74) is 7.94. The van der Waals surface area contributed by atoms with E-state index in [1.807, 2.05) is 0 Å². The smallest absolute Gasteiger partial charge is 0.256 e. The molecule has 3 nitrogen and oxygen atoms in total. The van der Waals surface area contributed by atoms with Gasteiger partial charge in [0.25, 0.3) is 5.91 Å². The largest absolute Gasteiger partial charge is 0.390 e. The molecule has 1 heterocycles. The van der Waals surface area contributed by atoms with Crippen LogP contribution in [0.2, 0.25) is 0 Å². The van der Waals surface area contributed by atoms with Crippen LogP contribution in [-0.4, -0.2) is 24.9 Å². The van der Waals surface area contributed by atoms with Crippen LogP contribution >= 0.6 is 11.3 Å². The van der Waals surface area contributed by atoms with E-state index in [4.69, 9.17) is 5.73 Å². The summed E-state index contributed by atoms with van der Waals surface area (Å²) in [5, 5.41) is 0.692. The van der Waals surface area contributed by atoms with Gasteiger partial charge in [-0.15, -0.1) is 11.3 Å². The molecule has 1 amide bonds. The van der Waals surface area contributed by atoms with Gasteiger partial charge in [0.05, 0.1) is 10.6 Å². The van der Waals surface area contributed by atoms with Gasteiger partial charge in [0.2, 0.25) is 0 Å². The van der Waals surface area contributed by atoms with Crippen molar-refractivity contribution < 1.29 is 4.79 Å². The van der Waals surface area contributed by atoms with Crippen LogP contribution in [0.1, 0.15) is 34.1 Å². The number of thiophene rings is 1. The molecule has 0 aliphatic heterocycles. The Balaban J connectivity index is 2.43. The lowest BCUT2D eigenvalue weighted by molar-refractivity contribution is 0.0827. The van der Waals surface area contributed by atoms with Crippen LogP contribution in [0.5, 0.6) is 0 Å². The van der Waals surface area contributed by atoms with Gasteiger partial charge in [-0.05, 0) is 30.7 Å². The Kier molecular flexibility index (Phi) is 2.93. The average Bonchev–Trinajstić information content (AvgIpc) is 2.51. The van der Waals surface area contributed by atoms with Crippen molar-refractivity contribution in [2.45, 2.75) is 26.2 Å². The monoisotopic (exact) mass is 238 g/mol. The number of nitrogens with zero attached hydrogens (tertiary/aromatic N) is 1. The number of nitrogens with two attached hydrogens (primary N) is 1. The molecule has 2 N–H and O–H groups in total. The molecule has 2 rings (SSSR count). The molecule has 1 aromatic rings. The van der Waals surface area contributed by atoms with E-state index in [2.05, 4.69) is 6.92 Å². The van der Waals surface area contributed by atoms with Crippen LogP contribution in [-0.2, 0) is 12.8 Å². The van der Waals surface area contributed by atoms with Crippen molar-refractivity contribution in [1.82, 2.24) is 4.90 Å². The third-order valence-corrected chi connectivity index (χ3v) is 4.24. The number of hydrogen-bond acceptors (Lipinski definition) is 3. The molecule has 1 aromatic heterocycles. The second-order valence-electron chi connectivity index (χ2n) is 4.79. The maximum Gasteiger partial charge on any atom is 0.256 e. The second kappa shape index (κ2) is 4.09. The lowest BCUT2D eigenvalue weighted by Gasteiger charge is -2.19. The van der Waals surface area contributed by atoms with Crippen LogP contribution in [0.4, 0.5) is 5.00 Å². The molecule has 4 heteroatoms.